The Bertz CT molecular complexity index is 318. The number of carboxylic acid groups (broad SMARTS) is 1. The number of carbonyl (C=O) groups excluding carboxylic acids is 1. The SMILES string of the molecule is CC1OCCC1NC(=O)C1CCCC1C(=O)O. The minimum atomic E-state index is -0.849. The fraction of sp³-hybridized carbons (Fsp3) is 0.833. The second-order valence-corrected chi connectivity index (χ2v) is 4.96. The van der Waals surface area contributed by atoms with Gasteiger partial charge in [0.25, 0.3) is 0 Å². The normalized spacial score (nSPS) is 37.0. The molecular weight excluding hydrogens is 222 g/mol. The lowest BCUT2D eigenvalue weighted by molar-refractivity contribution is -0.146. The summed E-state index contributed by atoms with van der Waals surface area (Å²) in [5, 5.41) is 12.0. The van der Waals surface area contributed by atoms with Gasteiger partial charge in [0.05, 0.1) is 24.0 Å². The molecule has 17 heavy (non-hydrogen) atoms. The highest BCUT2D eigenvalue weighted by atomic mass is 16.5. The van der Waals surface area contributed by atoms with Crippen LogP contribution in [0.25, 0.3) is 0 Å². The van der Waals surface area contributed by atoms with E-state index >= 15 is 0 Å². The van der Waals surface area contributed by atoms with Crippen molar-refractivity contribution in [1.29, 1.82) is 0 Å². The van der Waals surface area contributed by atoms with Crippen LogP contribution in [0.5, 0.6) is 0 Å². The summed E-state index contributed by atoms with van der Waals surface area (Å²) in [6.07, 6.45) is 2.97. The van der Waals surface area contributed by atoms with Gasteiger partial charge in [-0.2, -0.15) is 0 Å². The molecule has 0 aromatic heterocycles. The summed E-state index contributed by atoms with van der Waals surface area (Å²) in [4.78, 5) is 23.0. The first kappa shape index (κ1) is 12.4. The molecule has 5 heteroatoms. The van der Waals surface area contributed by atoms with Crippen LogP contribution >= 0.6 is 0 Å². The quantitative estimate of drug-likeness (QED) is 0.765. The maximum Gasteiger partial charge on any atom is 0.307 e. The highest BCUT2D eigenvalue weighted by Gasteiger charge is 2.39. The highest BCUT2D eigenvalue weighted by Crippen LogP contribution is 2.32. The van der Waals surface area contributed by atoms with Crippen LogP contribution in [0.1, 0.15) is 32.6 Å². The molecule has 0 spiro atoms. The molecule has 2 rings (SSSR count). The van der Waals surface area contributed by atoms with Gasteiger partial charge in [0, 0.05) is 6.61 Å². The number of aliphatic carboxylic acids is 1. The predicted octanol–water partition coefficient (Wildman–Crippen LogP) is 0.781. The summed E-state index contributed by atoms with van der Waals surface area (Å²) in [5.74, 6) is -1.83. The van der Waals surface area contributed by atoms with Crippen molar-refractivity contribution in [1.82, 2.24) is 5.32 Å². The molecule has 1 saturated heterocycles. The lowest BCUT2D eigenvalue weighted by Crippen LogP contribution is -2.44. The average Bonchev–Trinajstić information content (AvgIpc) is 2.87. The maximum atomic E-state index is 12.0. The van der Waals surface area contributed by atoms with Crippen LogP contribution in [-0.4, -0.2) is 35.7 Å². The first-order chi connectivity index (χ1) is 8.09. The van der Waals surface area contributed by atoms with Crippen molar-refractivity contribution in [2.24, 2.45) is 11.8 Å². The van der Waals surface area contributed by atoms with Crippen molar-refractivity contribution >= 4 is 11.9 Å². The zero-order chi connectivity index (χ0) is 12.4. The minimum absolute atomic E-state index is 0.0311. The molecule has 1 heterocycles. The third-order valence-corrected chi connectivity index (χ3v) is 3.87. The summed E-state index contributed by atoms with van der Waals surface area (Å²) < 4.78 is 5.37. The highest BCUT2D eigenvalue weighted by molar-refractivity contribution is 5.85. The van der Waals surface area contributed by atoms with Crippen LogP contribution in [0.15, 0.2) is 0 Å². The average molecular weight is 241 g/mol. The van der Waals surface area contributed by atoms with E-state index in [1.165, 1.54) is 0 Å². The first-order valence-electron chi connectivity index (χ1n) is 6.24. The minimum Gasteiger partial charge on any atom is -0.481 e. The second kappa shape index (κ2) is 5.04. The van der Waals surface area contributed by atoms with E-state index in [1.54, 1.807) is 0 Å². The number of rotatable bonds is 3. The predicted molar refractivity (Wildman–Crippen MR) is 60.4 cm³/mol. The van der Waals surface area contributed by atoms with Gasteiger partial charge in [-0.1, -0.05) is 6.42 Å². The Labute approximate surface area is 101 Å². The van der Waals surface area contributed by atoms with Gasteiger partial charge in [0.2, 0.25) is 5.91 Å². The monoisotopic (exact) mass is 241 g/mol. The maximum absolute atomic E-state index is 12.0. The van der Waals surface area contributed by atoms with E-state index in [1.807, 2.05) is 6.92 Å². The molecule has 1 saturated carbocycles. The molecule has 4 unspecified atom stereocenters. The van der Waals surface area contributed by atoms with E-state index in [2.05, 4.69) is 5.32 Å². The number of carboxylic acids is 1. The number of nitrogens with one attached hydrogen (secondary N) is 1. The molecule has 1 aliphatic carbocycles. The molecule has 5 nitrogen and oxygen atoms in total. The molecule has 0 aromatic rings. The Balaban J connectivity index is 1.93. The molecule has 0 aromatic carbocycles. The molecule has 1 amide bonds. The standard InChI is InChI=1S/C12H19NO4/c1-7-10(5-6-17-7)13-11(14)8-3-2-4-9(8)12(15)16/h7-10H,2-6H2,1H3,(H,13,14)(H,15,16). The Hall–Kier alpha value is -1.10. The fourth-order valence-corrected chi connectivity index (χ4v) is 2.78. The van der Waals surface area contributed by atoms with Crippen LogP contribution < -0.4 is 5.32 Å². The largest absolute Gasteiger partial charge is 0.481 e. The van der Waals surface area contributed by atoms with Gasteiger partial charge in [-0.15, -0.1) is 0 Å². The fourth-order valence-electron chi connectivity index (χ4n) is 2.78. The molecule has 96 valence electrons. The van der Waals surface area contributed by atoms with Crippen molar-refractivity contribution in [2.45, 2.75) is 44.8 Å². The number of hydrogen-bond donors (Lipinski definition) is 2. The zero-order valence-corrected chi connectivity index (χ0v) is 10.0. The molecular formula is C12H19NO4. The van der Waals surface area contributed by atoms with Crippen molar-refractivity contribution in [3.05, 3.63) is 0 Å². The number of hydrogen-bond acceptors (Lipinski definition) is 3. The van der Waals surface area contributed by atoms with Gasteiger partial charge in [0.1, 0.15) is 0 Å². The summed E-state index contributed by atoms with van der Waals surface area (Å²) >= 11 is 0. The van der Waals surface area contributed by atoms with E-state index in [9.17, 15) is 9.59 Å². The van der Waals surface area contributed by atoms with Gasteiger partial charge in [-0.05, 0) is 26.2 Å². The van der Waals surface area contributed by atoms with Crippen LogP contribution in [0.3, 0.4) is 0 Å². The number of ether oxygens (including phenoxy) is 1. The Morgan fingerprint density at radius 3 is 2.53 bits per heavy atom. The van der Waals surface area contributed by atoms with E-state index in [4.69, 9.17) is 9.84 Å². The number of carbonyl (C=O) groups is 2. The molecule has 2 N–H and O–H groups in total. The second-order valence-electron chi connectivity index (χ2n) is 4.96. The third kappa shape index (κ3) is 2.60. The smallest absolute Gasteiger partial charge is 0.307 e. The van der Waals surface area contributed by atoms with Gasteiger partial charge in [-0.25, -0.2) is 0 Å². The summed E-state index contributed by atoms with van der Waals surface area (Å²) in [6.45, 7) is 2.60. The summed E-state index contributed by atoms with van der Waals surface area (Å²) in [6, 6.07) is 0.0394. The lowest BCUT2D eigenvalue weighted by Gasteiger charge is -2.21. The van der Waals surface area contributed by atoms with Crippen LogP contribution in [-0.2, 0) is 14.3 Å². The third-order valence-electron chi connectivity index (χ3n) is 3.87. The molecule has 0 bridgehead atoms. The van der Waals surface area contributed by atoms with Crippen LogP contribution in [0.2, 0.25) is 0 Å². The molecule has 2 aliphatic rings. The van der Waals surface area contributed by atoms with E-state index in [0.29, 0.717) is 19.4 Å². The summed E-state index contributed by atoms with van der Waals surface area (Å²) in [5.41, 5.74) is 0. The van der Waals surface area contributed by atoms with Crippen LogP contribution in [0, 0.1) is 11.8 Å². The van der Waals surface area contributed by atoms with E-state index in [-0.39, 0.29) is 24.0 Å². The number of amides is 1. The van der Waals surface area contributed by atoms with Gasteiger partial charge < -0.3 is 15.2 Å². The zero-order valence-electron chi connectivity index (χ0n) is 10.0. The van der Waals surface area contributed by atoms with Crippen molar-refractivity contribution < 1.29 is 19.4 Å². The van der Waals surface area contributed by atoms with Gasteiger partial charge >= 0.3 is 5.97 Å². The Morgan fingerprint density at radius 2 is 1.94 bits per heavy atom. The first-order valence-corrected chi connectivity index (χ1v) is 6.24. The van der Waals surface area contributed by atoms with Crippen molar-refractivity contribution in [3.63, 3.8) is 0 Å². The van der Waals surface area contributed by atoms with Crippen molar-refractivity contribution in [2.75, 3.05) is 6.61 Å². The molecule has 1 aliphatic heterocycles. The molecule has 0 radical (unpaired) electrons. The van der Waals surface area contributed by atoms with Crippen molar-refractivity contribution in [3.8, 4) is 0 Å². The lowest BCUT2D eigenvalue weighted by atomic mass is 9.95. The molecule has 2 fully saturated rings. The molecule has 4 atom stereocenters. The van der Waals surface area contributed by atoms with Gasteiger partial charge in [-0.3, -0.25) is 9.59 Å². The van der Waals surface area contributed by atoms with E-state index in [0.717, 1.165) is 12.8 Å². The Morgan fingerprint density at radius 1 is 1.24 bits per heavy atom. The van der Waals surface area contributed by atoms with E-state index < -0.39 is 11.9 Å². The Kier molecular flexibility index (Phi) is 3.66. The summed E-state index contributed by atoms with van der Waals surface area (Å²) in [7, 11) is 0. The topological polar surface area (TPSA) is 75.6 Å². The van der Waals surface area contributed by atoms with Gasteiger partial charge in [0.15, 0.2) is 0 Å². The van der Waals surface area contributed by atoms with Crippen LogP contribution in [0.4, 0.5) is 0 Å².